The number of likely N-dealkylation sites (tertiary alicyclic amines) is 1. The lowest BCUT2D eigenvalue weighted by molar-refractivity contribution is 0.222. The number of rotatable bonds is 4. The monoisotopic (exact) mass is 285 g/mol. The van der Waals surface area contributed by atoms with Gasteiger partial charge in [0.05, 0.1) is 0 Å². The molecule has 0 saturated carbocycles. The van der Waals surface area contributed by atoms with Gasteiger partial charge in [0.25, 0.3) is 0 Å². The van der Waals surface area contributed by atoms with E-state index in [1.165, 1.54) is 5.56 Å². The lowest BCUT2D eigenvalue weighted by Crippen LogP contribution is -2.32. The maximum atomic E-state index is 10.7. The number of nitrogens with zero attached hydrogens (tertiary/aromatic N) is 1. The second-order valence-electron chi connectivity index (χ2n) is 4.86. The summed E-state index contributed by atoms with van der Waals surface area (Å²) in [7, 11) is -4.45. The highest BCUT2D eigenvalue weighted by Crippen LogP contribution is 2.38. The Bertz CT molecular complexity index is 448. The number of phosphoric acid groups is 1. The van der Waals surface area contributed by atoms with E-state index in [2.05, 4.69) is 16.3 Å². The van der Waals surface area contributed by atoms with E-state index in [-0.39, 0.29) is 5.75 Å². The van der Waals surface area contributed by atoms with Gasteiger partial charge in [0, 0.05) is 0 Å². The fourth-order valence-corrected chi connectivity index (χ4v) is 2.92. The zero-order valence-corrected chi connectivity index (χ0v) is 11.9. The number of hydrogen-bond donors (Lipinski definition) is 2. The second-order valence-corrected chi connectivity index (χ2v) is 6.02. The van der Waals surface area contributed by atoms with Gasteiger partial charge in [-0.1, -0.05) is 19.1 Å². The third-order valence-corrected chi connectivity index (χ3v) is 4.06. The minimum absolute atomic E-state index is 0.211. The molecule has 5 nitrogen and oxygen atoms in total. The van der Waals surface area contributed by atoms with E-state index in [4.69, 9.17) is 9.79 Å². The molecule has 0 aliphatic carbocycles. The third kappa shape index (κ3) is 4.32. The van der Waals surface area contributed by atoms with Crippen LogP contribution in [0.1, 0.15) is 31.2 Å². The summed E-state index contributed by atoms with van der Waals surface area (Å²) in [6, 6.07) is 7.05. The second kappa shape index (κ2) is 6.06. The van der Waals surface area contributed by atoms with E-state index in [0.717, 1.165) is 32.5 Å². The van der Waals surface area contributed by atoms with Crippen molar-refractivity contribution in [2.75, 3.05) is 19.6 Å². The summed E-state index contributed by atoms with van der Waals surface area (Å²) in [6.07, 6.45) is 2.26. The molecule has 1 fully saturated rings. The zero-order chi connectivity index (χ0) is 13.9. The Balaban J connectivity index is 1.97. The van der Waals surface area contributed by atoms with Gasteiger partial charge >= 0.3 is 7.82 Å². The first-order valence-electron chi connectivity index (χ1n) is 6.55. The third-order valence-electron chi connectivity index (χ3n) is 3.61. The fraction of sp³-hybridized carbons (Fsp3) is 0.538. The summed E-state index contributed by atoms with van der Waals surface area (Å²) in [5.74, 6) is 0.745. The van der Waals surface area contributed by atoms with Crippen molar-refractivity contribution in [3.63, 3.8) is 0 Å². The van der Waals surface area contributed by atoms with E-state index < -0.39 is 7.82 Å². The molecule has 0 spiro atoms. The Hall–Kier alpha value is -0.870. The van der Waals surface area contributed by atoms with Gasteiger partial charge in [-0.05, 0) is 56.1 Å². The Labute approximate surface area is 113 Å². The van der Waals surface area contributed by atoms with Gasteiger partial charge < -0.3 is 9.42 Å². The van der Waals surface area contributed by atoms with Gasteiger partial charge in [-0.2, -0.15) is 0 Å². The molecule has 0 unspecified atom stereocenters. The summed E-state index contributed by atoms with van der Waals surface area (Å²) >= 11 is 0. The molecule has 1 aliphatic rings. The van der Waals surface area contributed by atoms with Crippen LogP contribution in [0.2, 0.25) is 0 Å². The van der Waals surface area contributed by atoms with Crippen LogP contribution < -0.4 is 4.52 Å². The van der Waals surface area contributed by atoms with Gasteiger partial charge in [-0.3, -0.25) is 9.79 Å². The molecule has 0 radical (unpaired) electrons. The molecular weight excluding hydrogens is 265 g/mol. The van der Waals surface area contributed by atoms with Gasteiger partial charge in [0.15, 0.2) is 0 Å². The summed E-state index contributed by atoms with van der Waals surface area (Å²) < 4.78 is 15.3. The number of hydrogen-bond acceptors (Lipinski definition) is 3. The van der Waals surface area contributed by atoms with Crippen LogP contribution in [0, 0.1) is 0 Å². The molecule has 1 aromatic rings. The highest BCUT2D eigenvalue weighted by Gasteiger charge is 2.20. The van der Waals surface area contributed by atoms with Crippen LogP contribution in [0.15, 0.2) is 24.3 Å². The SMILES string of the molecule is CCN1CCC(c2ccc(OP(=O)(O)O)cc2)CC1. The van der Waals surface area contributed by atoms with Crippen molar-refractivity contribution in [2.45, 2.75) is 25.7 Å². The molecule has 1 heterocycles. The quantitative estimate of drug-likeness (QED) is 0.831. The first kappa shape index (κ1) is 14.5. The maximum Gasteiger partial charge on any atom is 0.524 e. The van der Waals surface area contributed by atoms with Gasteiger partial charge in [-0.25, -0.2) is 4.57 Å². The molecule has 106 valence electrons. The molecule has 0 aromatic heterocycles. The Kier molecular flexibility index (Phi) is 4.63. The van der Waals surface area contributed by atoms with Crippen molar-refractivity contribution in [1.29, 1.82) is 0 Å². The van der Waals surface area contributed by atoms with E-state index in [1.807, 2.05) is 12.1 Å². The minimum atomic E-state index is -4.45. The maximum absolute atomic E-state index is 10.7. The smallest absolute Gasteiger partial charge is 0.404 e. The van der Waals surface area contributed by atoms with Gasteiger partial charge in [-0.15, -0.1) is 0 Å². The molecule has 2 rings (SSSR count). The summed E-state index contributed by atoms with van der Waals surface area (Å²) in [5, 5.41) is 0. The van der Waals surface area contributed by atoms with E-state index in [0.29, 0.717) is 5.92 Å². The van der Waals surface area contributed by atoms with E-state index in [1.54, 1.807) is 12.1 Å². The average Bonchev–Trinajstić information content (AvgIpc) is 2.38. The Morgan fingerprint density at radius 3 is 2.32 bits per heavy atom. The fourth-order valence-electron chi connectivity index (χ4n) is 2.52. The number of piperidine rings is 1. The molecule has 6 heteroatoms. The highest BCUT2D eigenvalue weighted by atomic mass is 31.2. The summed E-state index contributed by atoms with van der Waals surface area (Å²) in [6.45, 7) is 5.50. The standard InChI is InChI=1S/C13H20NO4P/c1-2-14-9-7-12(8-10-14)11-3-5-13(6-4-11)18-19(15,16)17/h3-6,12H,2,7-10H2,1H3,(H2,15,16,17). The summed E-state index contributed by atoms with van der Waals surface area (Å²) in [5.41, 5.74) is 1.22. The van der Waals surface area contributed by atoms with Crippen LogP contribution in [0.5, 0.6) is 5.75 Å². The van der Waals surface area contributed by atoms with Crippen molar-refractivity contribution < 1.29 is 18.9 Å². The Morgan fingerprint density at radius 2 is 1.84 bits per heavy atom. The van der Waals surface area contributed by atoms with Crippen molar-refractivity contribution in [3.05, 3.63) is 29.8 Å². The van der Waals surface area contributed by atoms with Crippen molar-refractivity contribution in [1.82, 2.24) is 4.90 Å². The van der Waals surface area contributed by atoms with Crippen LogP contribution in [0.25, 0.3) is 0 Å². The molecular formula is C13H20NO4P. The molecule has 19 heavy (non-hydrogen) atoms. The predicted octanol–water partition coefficient (Wildman–Crippen LogP) is 2.36. The van der Waals surface area contributed by atoms with Crippen molar-refractivity contribution >= 4 is 7.82 Å². The van der Waals surface area contributed by atoms with E-state index in [9.17, 15) is 4.57 Å². The largest absolute Gasteiger partial charge is 0.524 e. The van der Waals surface area contributed by atoms with Gasteiger partial charge in [0.2, 0.25) is 0 Å². The van der Waals surface area contributed by atoms with Crippen LogP contribution in [-0.2, 0) is 4.57 Å². The van der Waals surface area contributed by atoms with Crippen molar-refractivity contribution in [2.24, 2.45) is 0 Å². The average molecular weight is 285 g/mol. The topological polar surface area (TPSA) is 70.0 Å². The van der Waals surface area contributed by atoms with E-state index >= 15 is 0 Å². The number of benzene rings is 1. The minimum Gasteiger partial charge on any atom is -0.404 e. The first-order valence-corrected chi connectivity index (χ1v) is 8.08. The number of phosphoric ester groups is 1. The molecule has 0 atom stereocenters. The molecule has 1 saturated heterocycles. The van der Waals surface area contributed by atoms with Gasteiger partial charge in [0.1, 0.15) is 5.75 Å². The molecule has 2 N–H and O–H groups in total. The van der Waals surface area contributed by atoms with Crippen LogP contribution in [-0.4, -0.2) is 34.3 Å². The molecule has 0 amide bonds. The predicted molar refractivity (Wildman–Crippen MR) is 73.2 cm³/mol. The lowest BCUT2D eigenvalue weighted by atomic mass is 9.89. The molecule has 0 bridgehead atoms. The normalized spacial score (nSPS) is 18.5. The summed E-state index contributed by atoms with van der Waals surface area (Å²) in [4.78, 5) is 19.9. The highest BCUT2D eigenvalue weighted by molar-refractivity contribution is 7.46. The molecule has 1 aliphatic heterocycles. The van der Waals surface area contributed by atoms with Crippen LogP contribution in [0.3, 0.4) is 0 Å². The van der Waals surface area contributed by atoms with Crippen molar-refractivity contribution in [3.8, 4) is 5.75 Å². The van der Waals surface area contributed by atoms with Crippen LogP contribution in [0.4, 0.5) is 0 Å². The first-order chi connectivity index (χ1) is 8.98. The van der Waals surface area contributed by atoms with Crippen LogP contribution >= 0.6 is 7.82 Å². The zero-order valence-electron chi connectivity index (χ0n) is 11.0. The molecule has 1 aromatic carbocycles. The lowest BCUT2D eigenvalue weighted by Gasteiger charge is -2.31. The Morgan fingerprint density at radius 1 is 1.26 bits per heavy atom.